The zero-order valence-electron chi connectivity index (χ0n) is 12.3. The Morgan fingerprint density at radius 1 is 1.17 bits per heavy atom. The number of para-hydroxylation sites is 1. The molecule has 0 aliphatic carbocycles. The number of thiazole rings is 1. The first-order chi connectivity index (χ1) is 10.9. The molecule has 0 fully saturated rings. The zero-order chi connectivity index (χ0) is 16.4. The molecular weight excluding hydrogens is 332 g/mol. The van der Waals surface area contributed by atoms with Gasteiger partial charge in [0.25, 0.3) is 5.91 Å². The van der Waals surface area contributed by atoms with Crippen LogP contribution in [-0.2, 0) is 15.6 Å². The summed E-state index contributed by atoms with van der Waals surface area (Å²) in [5.74, 6) is -0.394. The molecule has 1 N–H and O–H groups in total. The van der Waals surface area contributed by atoms with Crippen molar-refractivity contribution in [2.24, 2.45) is 0 Å². The topological polar surface area (TPSA) is 76.1 Å². The van der Waals surface area contributed by atoms with Gasteiger partial charge in [0, 0.05) is 11.8 Å². The molecule has 7 heteroatoms. The van der Waals surface area contributed by atoms with E-state index in [-0.39, 0.29) is 11.7 Å². The van der Waals surface area contributed by atoms with E-state index in [2.05, 4.69) is 10.3 Å². The Morgan fingerprint density at radius 3 is 2.70 bits per heavy atom. The second-order valence-corrected chi connectivity index (χ2v) is 8.38. The van der Waals surface area contributed by atoms with Gasteiger partial charge in [-0.2, -0.15) is 0 Å². The third-order valence-corrected chi connectivity index (χ3v) is 4.94. The first-order valence-electron chi connectivity index (χ1n) is 6.84. The molecule has 0 spiro atoms. The number of hydrogen-bond donors (Lipinski definition) is 1. The summed E-state index contributed by atoms with van der Waals surface area (Å²) in [6.45, 7) is 0. The van der Waals surface area contributed by atoms with E-state index in [4.69, 9.17) is 0 Å². The Kier molecular flexibility index (Phi) is 4.14. The van der Waals surface area contributed by atoms with Crippen LogP contribution >= 0.6 is 11.3 Å². The summed E-state index contributed by atoms with van der Waals surface area (Å²) in [6, 6.07) is 14.2. The molecule has 0 aliphatic rings. The van der Waals surface area contributed by atoms with Crippen molar-refractivity contribution in [2.45, 2.75) is 5.75 Å². The number of fused-ring (bicyclic) bond motifs is 1. The smallest absolute Gasteiger partial charge is 0.257 e. The standard InChI is InChI=1S/C16H14N2O3S2/c1-23(20,21)10-11-5-4-6-12(9-11)15(19)18-16-17-13-7-2-3-8-14(13)22-16/h2-9H,10H2,1H3,(H,17,18,19). The summed E-state index contributed by atoms with van der Waals surface area (Å²) in [7, 11) is -3.14. The van der Waals surface area contributed by atoms with E-state index in [0.29, 0.717) is 16.3 Å². The molecule has 0 saturated carbocycles. The average Bonchev–Trinajstić information content (AvgIpc) is 2.87. The van der Waals surface area contributed by atoms with Crippen LogP contribution in [-0.4, -0.2) is 25.6 Å². The molecule has 118 valence electrons. The maximum Gasteiger partial charge on any atom is 0.257 e. The van der Waals surface area contributed by atoms with Gasteiger partial charge < -0.3 is 0 Å². The van der Waals surface area contributed by atoms with Crippen LogP contribution in [0, 0.1) is 0 Å². The Balaban J connectivity index is 1.81. The predicted molar refractivity (Wildman–Crippen MR) is 92.6 cm³/mol. The maximum absolute atomic E-state index is 12.3. The number of hydrogen-bond acceptors (Lipinski definition) is 5. The van der Waals surface area contributed by atoms with Crippen molar-refractivity contribution in [3.8, 4) is 0 Å². The number of benzene rings is 2. The van der Waals surface area contributed by atoms with Crippen LogP contribution in [0.4, 0.5) is 5.13 Å². The quantitative estimate of drug-likeness (QED) is 0.787. The molecule has 0 saturated heterocycles. The Bertz CT molecular complexity index is 945. The number of aromatic nitrogens is 1. The number of carbonyl (C=O) groups is 1. The van der Waals surface area contributed by atoms with Gasteiger partial charge in [-0.1, -0.05) is 35.6 Å². The summed E-state index contributed by atoms with van der Waals surface area (Å²) in [5.41, 5.74) is 1.83. The van der Waals surface area contributed by atoms with E-state index >= 15 is 0 Å². The van der Waals surface area contributed by atoms with Crippen molar-refractivity contribution in [3.05, 3.63) is 59.7 Å². The van der Waals surface area contributed by atoms with Crippen molar-refractivity contribution in [3.63, 3.8) is 0 Å². The molecule has 0 atom stereocenters. The lowest BCUT2D eigenvalue weighted by atomic mass is 10.1. The lowest BCUT2D eigenvalue weighted by Crippen LogP contribution is -2.12. The summed E-state index contributed by atoms with van der Waals surface area (Å²) >= 11 is 1.40. The molecule has 5 nitrogen and oxygen atoms in total. The summed E-state index contributed by atoms with van der Waals surface area (Å²) < 4.78 is 23.7. The molecule has 1 amide bonds. The fourth-order valence-corrected chi connectivity index (χ4v) is 3.85. The van der Waals surface area contributed by atoms with Crippen LogP contribution in [0.25, 0.3) is 10.2 Å². The normalized spacial score (nSPS) is 11.5. The van der Waals surface area contributed by atoms with Gasteiger partial charge in [-0.05, 0) is 29.8 Å². The third-order valence-electron chi connectivity index (χ3n) is 3.13. The fourth-order valence-electron chi connectivity index (χ4n) is 2.20. The van der Waals surface area contributed by atoms with E-state index < -0.39 is 9.84 Å². The van der Waals surface area contributed by atoms with Crippen molar-refractivity contribution in [1.82, 2.24) is 4.98 Å². The molecule has 3 rings (SSSR count). The average molecular weight is 346 g/mol. The van der Waals surface area contributed by atoms with Crippen LogP contribution < -0.4 is 5.32 Å². The number of amides is 1. The van der Waals surface area contributed by atoms with Gasteiger partial charge in [0.1, 0.15) is 0 Å². The minimum absolute atomic E-state index is 0.0880. The molecule has 23 heavy (non-hydrogen) atoms. The largest absolute Gasteiger partial charge is 0.298 e. The molecule has 0 aliphatic heterocycles. The van der Waals surface area contributed by atoms with Crippen LogP contribution in [0.15, 0.2) is 48.5 Å². The van der Waals surface area contributed by atoms with Crippen molar-refractivity contribution < 1.29 is 13.2 Å². The Morgan fingerprint density at radius 2 is 1.96 bits per heavy atom. The van der Waals surface area contributed by atoms with Crippen LogP contribution in [0.2, 0.25) is 0 Å². The van der Waals surface area contributed by atoms with Gasteiger partial charge in [-0.15, -0.1) is 0 Å². The molecule has 0 unspecified atom stereocenters. The highest BCUT2D eigenvalue weighted by Crippen LogP contribution is 2.25. The Hall–Kier alpha value is -2.25. The second-order valence-electron chi connectivity index (χ2n) is 5.21. The van der Waals surface area contributed by atoms with Crippen molar-refractivity contribution in [1.29, 1.82) is 0 Å². The molecular formula is C16H14N2O3S2. The lowest BCUT2D eigenvalue weighted by Gasteiger charge is -2.04. The first kappa shape index (κ1) is 15.6. The van der Waals surface area contributed by atoms with Gasteiger partial charge in [0.05, 0.1) is 16.0 Å². The highest BCUT2D eigenvalue weighted by atomic mass is 32.2. The molecule has 1 aromatic heterocycles. The van der Waals surface area contributed by atoms with Crippen molar-refractivity contribution >= 4 is 42.4 Å². The number of nitrogens with zero attached hydrogens (tertiary/aromatic N) is 1. The van der Waals surface area contributed by atoms with E-state index in [1.165, 1.54) is 17.6 Å². The minimum atomic E-state index is -3.14. The lowest BCUT2D eigenvalue weighted by molar-refractivity contribution is 0.102. The molecule has 3 aromatic rings. The van der Waals surface area contributed by atoms with Crippen molar-refractivity contribution in [2.75, 3.05) is 11.6 Å². The predicted octanol–water partition coefficient (Wildman–Crippen LogP) is 3.09. The van der Waals surface area contributed by atoms with Gasteiger partial charge in [-0.3, -0.25) is 10.1 Å². The third kappa shape index (κ3) is 3.94. The highest BCUT2D eigenvalue weighted by molar-refractivity contribution is 7.89. The molecule has 2 aromatic carbocycles. The van der Waals surface area contributed by atoms with Gasteiger partial charge in [0.15, 0.2) is 15.0 Å². The Labute approximate surface area is 137 Å². The molecule has 1 heterocycles. The summed E-state index contributed by atoms with van der Waals surface area (Å²) in [4.78, 5) is 16.7. The van der Waals surface area contributed by atoms with Gasteiger partial charge in [-0.25, -0.2) is 13.4 Å². The SMILES string of the molecule is CS(=O)(=O)Cc1cccc(C(=O)Nc2nc3ccccc3s2)c1. The number of anilines is 1. The maximum atomic E-state index is 12.3. The first-order valence-corrected chi connectivity index (χ1v) is 9.72. The number of sulfone groups is 1. The molecule has 0 bridgehead atoms. The summed E-state index contributed by atoms with van der Waals surface area (Å²) in [5, 5.41) is 3.27. The van der Waals surface area contributed by atoms with Crippen LogP contribution in [0.3, 0.4) is 0 Å². The van der Waals surface area contributed by atoms with E-state index in [0.717, 1.165) is 10.2 Å². The molecule has 0 radical (unpaired) electrons. The van der Waals surface area contributed by atoms with Gasteiger partial charge >= 0.3 is 0 Å². The number of rotatable bonds is 4. The van der Waals surface area contributed by atoms with E-state index in [1.54, 1.807) is 24.3 Å². The number of nitrogens with one attached hydrogen (secondary N) is 1. The fraction of sp³-hybridized carbons (Fsp3) is 0.125. The zero-order valence-corrected chi connectivity index (χ0v) is 13.9. The second kappa shape index (κ2) is 6.10. The highest BCUT2D eigenvalue weighted by Gasteiger charge is 2.12. The van der Waals surface area contributed by atoms with E-state index in [9.17, 15) is 13.2 Å². The monoisotopic (exact) mass is 346 g/mol. The van der Waals surface area contributed by atoms with Crippen LogP contribution in [0.5, 0.6) is 0 Å². The number of carbonyl (C=O) groups excluding carboxylic acids is 1. The summed E-state index contributed by atoms with van der Waals surface area (Å²) in [6.07, 6.45) is 1.17. The van der Waals surface area contributed by atoms with Crippen LogP contribution in [0.1, 0.15) is 15.9 Å². The van der Waals surface area contributed by atoms with Gasteiger partial charge in [0.2, 0.25) is 0 Å². The minimum Gasteiger partial charge on any atom is -0.298 e. The van der Waals surface area contributed by atoms with E-state index in [1.807, 2.05) is 24.3 Å².